The van der Waals surface area contributed by atoms with Gasteiger partial charge in [0.25, 0.3) is 0 Å². The number of nitrogens with zero attached hydrogens (tertiary/aromatic N) is 2. The number of aromatic nitrogens is 2. The normalized spacial score (nSPS) is 11.5. The fourth-order valence-corrected chi connectivity index (χ4v) is 2.70. The van der Waals surface area contributed by atoms with Crippen LogP contribution in [0.15, 0.2) is 41.6 Å². The molecule has 0 aliphatic carbocycles. The maximum Gasteiger partial charge on any atom is 0.243 e. The lowest BCUT2D eigenvalue weighted by molar-refractivity contribution is 0.323. The first-order valence-corrected chi connectivity index (χ1v) is 7.70. The third kappa shape index (κ3) is 3.96. The Balaban J connectivity index is 1.84. The van der Waals surface area contributed by atoms with Gasteiger partial charge in [-0.05, 0) is 18.2 Å². The summed E-state index contributed by atoms with van der Waals surface area (Å²) in [6, 6.07) is 6.91. The molecule has 0 radical (unpaired) electrons. The van der Waals surface area contributed by atoms with Crippen LogP contribution in [0.2, 0.25) is 5.02 Å². The molecule has 0 atom stereocenters. The highest BCUT2D eigenvalue weighted by atomic mass is 35.5. The Hall–Kier alpha value is -1.57. The van der Waals surface area contributed by atoms with E-state index in [0.717, 1.165) is 0 Å². The van der Waals surface area contributed by atoms with E-state index in [1.807, 2.05) is 0 Å². The first-order valence-electron chi connectivity index (χ1n) is 5.84. The molecule has 0 saturated heterocycles. The standard InChI is InChI=1S/C12H14ClN3O3S/c1-16-9-12(8-14-16)20(17,18)15-5-6-19-11-4-2-3-10(13)7-11/h2-4,7-9,15H,5-6H2,1H3. The van der Waals surface area contributed by atoms with Crippen molar-refractivity contribution in [2.45, 2.75) is 4.90 Å². The summed E-state index contributed by atoms with van der Waals surface area (Å²) in [5.74, 6) is 0.595. The molecule has 8 heteroatoms. The highest BCUT2D eigenvalue weighted by molar-refractivity contribution is 7.89. The van der Waals surface area contributed by atoms with Gasteiger partial charge in [-0.1, -0.05) is 17.7 Å². The van der Waals surface area contributed by atoms with E-state index in [-0.39, 0.29) is 18.0 Å². The highest BCUT2D eigenvalue weighted by Crippen LogP contribution is 2.16. The topological polar surface area (TPSA) is 73.2 Å². The largest absolute Gasteiger partial charge is 0.492 e. The van der Waals surface area contributed by atoms with Gasteiger partial charge >= 0.3 is 0 Å². The molecule has 0 fully saturated rings. The minimum atomic E-state index is -3.54. The third-order valence-corrected chi connectivity index (χ3v) is 4.10. The fraction of sp³-hybridized carbons (Fsp3) is 0.250. The van der Waals surface area contributed by atoms with Crippen molar-refractivity contribution in [2.75, 3.05) is 13.2 Å². The monoisotopic (exact) mass is 315 g/mol. The van der Waals surface area contributed by atoms with Crippen molar-refractivity contribution in [1.82, 2.24) is 14.5 Å². The number of hydrogen-bond acceptors (Lipinski definition) is 4. The van der Waals surface area contributed by atoms with Crippen LogP contribution in [-0.2, 0) is 17.1 Å². The molecule has 0 aliphatic heterocycles. The van der Waals surface area contributed by atoms with Crippen LogP contribution >= 0.6 is 11.6 Å². The molecular formula is C12H14ClN3O3S. The second kappa shape index (κ2) is 6.25. The molecular weight excluding hydrogens is 302 g/mol. The molecule has 0 unspecified atom stereocenters. The van der Waals surface area contributed by atoms with Crippen LogP contribution in [0.4, 0.5) is 0 Å². The molecule has 0 saturated carbocycles. The van der Waals surface area contributed by atoms with Crippen molar-refractivity contribution in [2.24, 2.45) is 7.05 Å². The van der Waals surface area contributed by atoms with E-state index in [2.05, 4.69) is 9.82 Å². The molecule has 0 aliphatic rings. The first kappa shape index (κ1) is 14.8. The zero-order chi connectivity index (χ0) is 14.6. The minimum Gasteiger partial charge on any atom is -0.492 e. The van der Waals surface area contributed by atoms with Crippen molar-refractivity contribution in [3.63, 3.8) is 0 Å². The van der Waals surface area contributed by atoms with E-state index in [4.69, 9.17) is 16.3 Å². The molecule has 6 nitrogen and oxygen atoms in total. The Bertz CT molecular complexity index is 685. The Morgan fingerprint density at radius 1 is 1.45 bits per heavy atom. The van der Waals surface area contributed by atoms with Gasteiger partial charge in [-0.15, -0.1) is 0 Å². The summed E-state index contributed by atoms with van der Waals surface area (Å²) < 4.78 is 33.0. The zero-order valence-electron chi connectivity index (χ0n) is 10.8. The molecule has 20 heavy (non-hydrogen) atoms. The summed E-state index contributed by atoms with van der Waals surface area (Å²) in [6.45, 7) is 0.365. The molecule has 0 bridgehead atoms. The molecule has 1 aromatic heterocycles. The zero-order valence-corrected chi connectivity index (χ0v) is 12.4. The summed E-state index contributed by atoms with van der Waals surface area (Å²) in [4.78, 5) is 0.128. The average molecular weight is 316 g/mol. The first-order chi connectivity index (χ1) is 9.47. The van der Waals surface area contributed by atoms with Crippen molar-refractivity contribution >= 4 is 21.6 Å². The number of rotatable bonds is 6. The van der Waals surface area contributed by atoms with Gasteiger partial charge in [-0.3, -0.25) is 4.68 Å². The Morgan fingerprint density at radius 2 is 2.25 bits per heavy atom. The maximum atomic E-state index is 11.9. The molecule has 2 rings (SSSR count). The molecule has 2 aromatic rings. The Morgan fingerprint density at radius 3 is 2.90 bits per heavy atom. The van der Waals surface area contributed by atoms with Gasteiger partial charge in [0.15, 0.2) is 0 Å². The lowest BCUT2D eigenvalue weighted by atomic mass is 10.3. The van der Waals surface area contributed by atoms with Crippen LogP contribution in [0.5, 0.6) is 5.75 Å². The Kier molecular flexibility index (Phi) is 4.64. The van der Waals surface area contributed by atoms with E-state index in [1.54, 1.807) is 31.3 Å². The minimum absolute atomic E-state index is 0.128. The smallest absolute Gasteiger partial charge is 0.243 e. The van der Waals surface area contributed by atoms with Crippen molar-refractivity contribution in [1.29, 1.82) is 0 Å². The van der Waals surface area contributed by atoms with Crippen LogP contribution < -0.4 is 9.46 Å². The second-order valence-electron chi connectivity index (χ2n) is 4.05. The number of benzene rings is 1. The van der Waals surface area contributed by atoms with Crippen LogP contribution in [0.1, 0.15) is 0 Å². The average Bonchev–Trinajstić information content (AvgIpc) is 2.82. The van der Waals surface area contributed by atoms with Crippen molar-refractivity contribution < 1.29 is 13.2 Å². The fourth-order valence-electron chi connectivity index (χ4n) is 1.52. The molecule has 1 aromatic carbocycles. The van der Waals surface area contributed by atoms with E-state index in [9.17, 15) is 8.42 Å². The van der Waals surface area contributed by atoms with E-state index in [0.29, 0.717) is 10.8 Å². The van der Waals surface area contributed by atoms with E-state index in [1.165, 1.54) is 17.1 Å². The van der Waals surface area contributed by atoms with Gasteiger partial charge in [0.05, 0.1) is 6.20 Å². The van der Waals surface area contributed by atoms with Gasteiger partial charge in [-0.25, -0.2) is 13.1 Å². The molecule has 0 amide bonds. The maximum absolute atomic E-state index is 11.9. The van der Waals surface area contributed by atoms with Crippen molar-refractivity contribution in [3.8, 4) is 5.75 Å². The summed E-state index contributed by atoms with van der Waals surface area (Å²) >= 11 is 5.81. The summed E-state index contributed by atoms with van der Waals surface area (Å²) in [7, 11) is -1.89. The number of aryl methyl sites for hydroxylation is 1. The second-order valence-corrected chi connectivity index (χ2v) is 6.26. The lowest BCUT2D eigenvalue weighted by Gasteiger charge is -2.07. The third-order valence-electron chi connectivity index (χ3n) is 2.45. The van der Waals surface area contributed by atoms with Gasteiger partial charge in [0.2, 0.25) is 10.0 Å². The molecule has 1 N–H and O–H groups in total. The van der Waals surface area contributed by atoms with E-state index < -0.39 is 10.0 Å². The van der Waals surface area contributed by atoms with Gasteiger partial charge in [-0.2, -0.15) is 5.10 Å². The predicted octanol–water partition coefficient (Wildman–Crippen LogP) is 1.43. The van der Waals surface area contributed by atoms with E-state index >= 15 is 0 Å². The quantitative estimate of drug-likeness (QED) is 0.818. The van der Waals surface area contributed by atoms with Gasteiger partial charge in [0, 0.05) is 24.8 Å². The SMILES string of the molecule is Cn1cc(S(=O)(=O)NCCOc2cccc(Cl)c2)cn1. The highest BCUT2D eigenvalue weighted by Gasteiger charge is 2.15. The predicted molar refractivity (Wildman–Crippen MR) is 75.3 cm³/mol. The molecule has 1 heterocycles. The van der Waals surface area contributed by atoms with Crippen LogP contribution in [0, 0.1) is 0 Å². The Labute approximate surface area is 122 Å². The number of nitrogens with one attached hydrogen (secondary N) is 1. The number of hydrogen-bond donors (Lipinski definition) is 1. The number of halogens is 1. The number of ether oxygens (including phenoxy) is 1. The summed E-state index contributed by atoms with van der Waals surface area (Å²) in [5, 5.41) is 4.39. The van der Waals surface area contributed by atoms with Crippen LogP contribution in [0.25, 0.3) is 0 Å². The van der Waals surface area contributed by atoms with Crippen LogP contribution in [0.3, 0.4) is 0 Å². The van der Waals surface area contributed by atoms with Crippen LogP contribution in [-0.4, -0.2) is 31.3 Å². The van der Waals surface area contributed by atoms with Crippen molar-refractivity contribution in [3.05, 3.63) is 41.7 Å². The van der Waals surface area contributed by atoms with Gasteiger partial charge in [0.1, 0.15) is 17.3 Å². The number of sulfonamides is 1. The summed E-state index contributed by atoms with van der Waals surface area (Å²) in [5.41, 5.74) is 0. The molecule has 108 valence electrons. The lowest BCUT2D eigenvalue weighted by Crippen LogP contribution is -2.28. The van der Waals surface area contributed by atoms with Gasteiger partial charge < -0.3 is 4.74 Å². The summed E-state index contributed by atoms with van der Waals surface area (Å²) in [6.07, 6.45) is 2.72. The molecule has 0 spiro atoms.